The summed E-state index contributed by atoms with van der Waals surface area (Å²) >= 11 is 0. The number of aromatic carboxylic acids is 1. The summed E-state index contributed by atoms with van der Waals surface area (Å²) in [6, 6.07) is 2.55. The van der Waals surface area contributed by atoms with Crippen molar-refractivity contribution >= 4 is 5.97 Å². The van der Waals surface area contributed by atoms with Gasteiger partial charge < -0.3 is 9.67 Å². The molecular weight excluding hydrogens is 222 g/mol. The minimum atomic E-state index is -1.05. The van der Waals surface area contributed by atoms with Gasteiger partial charge in [-0.1, -0.05) is 0 Å². The van der Waals surface area contributed by atoms with Crippen LogP contribution in [-0.2, 0) is 13.6 Å². The summed E-state index contributed by atoms with van der Waals surface area (Å²) < 4.78 is 2.97. The molecule has 0 spiro atoms. The first-order chi connectivity index (χ1) is 8.06. The third-order valence-corrected chi connectivity index (χ3v) is 2.34. The van der Waals surface area contributed by atoms with Crippen LogP contribution >= 0.6 is 0 Å². The molecule has 2 heterocycles. The molecule has 2 aromatic heterocycles. The van der Waals surface area contributed by atoms with Gasteiger partial charge in [-0.15, -0.1) is 0 Å². The van der Waals surface area contributed by atoms with Crippen molar-refractivity contribution in [3.05, 3.63) is 52.2 Å². The summed E-state index contributed by atoms with van der Waals surface area (Å²) in [5, 5.41) is 12.8. The first-order valence-electron chi connectivity index (χ1n) is 4.97. The largest absolute Gasteiger partial charge is 0.478 e. The van der Waals surface area contributed by atoms with Gasteiger partial charge in [-0.2, -0.15) is 5.10 Å². The summed E-state index contributed by atoms with van der Waals surface area (Å²) in [4.78, 5) is 22.3. The third kappa shape index (κ3) is 2.41. The molecule has 2 rings (SSSR count). The lowest BCUT2D eigenvalue weighted by atomic mass is 10.2. The smallest absolute Gasteiger partial charge is 0.337 e. The Kier molecular flexibility index (Phi) is 2.78. The van der Waals surface area contributed by atoms with E-state index in [2.05, 4.69) is 5.10 Å². The number of aryl methyl sites for hydroxylation is 1. The lowest BCUT2D eigenvalue weighted by Crippen LogP contribution is -2.20. The zero-order chi connectivity index (χ0) is 12.4. The van der Waals surface area contributed by atoms with Crippen molar-refractivity contribution < 1.29 is 9.90 Å². The van der Waals surface area contributed by atoms with Gasteiger partial charge in [-0.05, 0) is 6.07 Å². The molecule has 0 amide bonds. The monoisotopic (exact) mass is 233 g/mol. The molecule has 0 aromatic carbocycles. The lowest BCUT2D eigenvalue weighted by Gasteiger charge is -2.04. The van der Waals surface area contributed by atoms with Gasteiger partial charge in [0.2, 0.25) is 0 Å². The Morgan fingerprint density at radius 1 is 1.41 bits per heavy atom. The van der Waals surface area contributed by atoms with Gasteiger partial charge in [0.15, 0.2) is 0 Å². The first kappa shape index (κ1) is 11.1. The number of carboxylic acid groups (broad SMARTS) is 1. The quantitative estimate of drug-likeness (QED) is 0.828. The molecule has 17 heavy (non-hydrogen) atoms. The van der Waals surface area contributed by atoms with E-state index in [9.17, 15) is 9.59 Å². The van der Waals surface area contributed by atoms with E-state index in [1.54, 1.807) is 24.1 Å². The van der Waals surface area contributed by atoms with Crippen molar-refractivity contribution in [2.45, 2.75) is 6.54 Å². The molecule has 1 N–H and O–H groups in total. The number of carbonyl (C=O) groups is 1. The van der Waals surface area contributed by atoms with Crippen molar-refractivity contribution in [2.24, 2.45) is 7.05 Å². The SMILES string of the molecule is Cn1cc(Cn2cc(C(=O)O)ccc2=O)cn1. The van der Waals surface area contributed by atoms with E-state index in [0.29, 0.717) is 6.54 Å². The fourth-order valence-corrected chi connectivity index (χ4v) is 1.53. The van der Waals surface area contributed by atoms with Crippen LogP contribution in [0.4, 0.5) is 0 Å². The number of hydrogen-bond acceptors (Lipinski definition) is 3. The molecule has 0 atom stereocenters. The van der Waals surface area contributed by atoms with Crippen LogP contribution in [0.25, 0.3) is 0 Å². The molecule has 0 unspecified atom stereocenters. The predicted octanol–water partition coefficient (Wildman–Crippen LogP) is 0.328. The molecule has 0 bridgehead atoms. The van der Waals surface area contributed by atoms with Crippen LogP contribution in [0.1, 0.15) is 15.9 Å². The number of rotatable bonds is 3. The van der Waals surface area contributed by atoms with E-state index in [1.165, 1.54) is 22.9 Å². The second kappa shape index (κ2) is 4.25. The normalized spacial score (nSPS) is 10.4. The number of pyridine rings is 1. The van der Waals surface area contributed by atoms with Crippen LogP contribution < -0.4 is 5.56 Å². The zero-order valence-corrected chi connectivity index (χ0v) is 9.20. The molecule has 0 aliphatic rings. The molecule has 0 fully saturated rings. The van der Waals surface area contributed by atoms with Crippen molar-refractivity contribution in [2.75, 3.05) is 0 Å². The van der Waals surface area contributed by atoms with E-state index < -0.39 is 5.97 Å². The van der Waals surface area contributed by atoms with E-state index >= 15 is 0 Å². The van der Waals surface area contributed by atoms with Gasteiger partial charge in [0.1, 0.15) is 0 Å². The Morgan fingerprint density at radius 2 is 2.18 bits per heavy atom. The Balaban J connectivity index is 2.35. The molecule has 6 nitrogen and oxygen atoms in total. The Morgan fingerprint density at radius 3 is 2.76 bits per heavy atom. The minimum absolute atomic E-state index is 0.0912. The number of aromatic nitrogens is 3. The van der Waals surface area contributed by atoms with E-state index in [-0.39, 0.29) is 11.1 Å². The van der Waals surface area contributed by atoms with Crippen LogP contribution in [0.3, 0.4) is 0 Å². The van der Waals surface area contributed by atoms with Crippen LogP contribution in [0.15, 0.2) is 35.5 Å². The lowest BCUT2D eigenvalue weighted by molar-refractivity contribution is 0.0696. The fourth-order valence-electron chi connectivity index (χ4n) is 1.53. The summed E-state index contributed by atoms with van der Waals surface area (Å²) in [6.45, 7) is 0.313. The second-order valence-corrected chi connectivity index (χ2v) is 3.71. The molecule has 88 valence electrons. The van der Waals surface area contributed by atoms with Crippen molar-refractivity contribution in [1.29, 1.82) is 0 Å². The van der Waals surface area contributed by atoms with Gasteiger partial charge in [0.05, 0.1) is 18.3 Å². The van der Waals surface area contributed by atoms with Gasteiger partial charge in [0, 0.05) is 31.1 Å². The zero-order valence-electron chi connectivity index (χ0n) is 9.20. The maximum absolute atomic E-state index is 11.5. The predicted molar refractivity (Wildman–Crippen MR) is 60.0 cm³/mol. The van der Waals surface area contributed by atoms with Gasteiger partial charge in [-0.3, -0.25) is 9.48 Å². The van der Waals surface area contributed by atoms with Crippen molar-refractivity contribution in [3.8, 4) is 0 Å². The Hall–Kier alpha value is -2.37. The van der Waals surface area contributed by atoms with Crippen molar-refractivity contribution in [3.63, 3.8) is 0 Å². The number of carboxylic acids is 1. The van der Waals surface area contributed by atoms with E-state index in [0.717, 1.165) is 5.56 Å². The molecule has 2 aromatic rings. The highest BCUT2D eigenvalue weighted by Gasteiger charge is 2.06. The molecule has 0 saturated heterocycles. The van der Waals surface area contributed by atoms with Crippen LogP contribution in [0.5, 0.6) is 0 Å². The van der Waals surface area contributed by atoms with Gasteiger partial charge in [0.25, 0.3) is 5.56 Å². The van der Waals surface area contributed by atoms with Crippen LogP contribution in [0.2, 0.25) is 0 Å². The highest BCUT2D eigenvalue weighted by Crippen LogP contribution is 2.01. The van der Waals surface area contributed by atoms with Crippen molar-refractivity contribution in [1.82, 2.24) is 14.3 Å². The van der Waals surface area contributed by atoms with Crippen LogP contribution in [0, 0.1) is 0 Å². The fraction of sp³-hybridized carbons (Fsp3) is 0.182. The molecule has 0 aliphatic heterocycles. The standard InChI is InChI=1S/C11H11N3O3/c1-13-5-8(4-12-13)6-14-7-9(11(16)17)2-3-10(14)15/h2-5,7H,6H2,1H3,(H,16,17). The van der Waals surface area contributed by atoms with E-state index in [1.807, 2.05) is 0 Å². The highest BCUT2D eigenvalue weighted by molar-refractivity contribution is 5.87. The molecule has 0 saturated carbocycles. The summed E-state index contributed by atoms with van der Waals surface area (Å²) in [5.74, 6) is -1.05. The third-order valence-electron chi connectivity index (χ3n) is 2.34. The maximum Gasteiger partial charge on any atom is 0.337 e. The average Bonchev–Trinajstić information content (AvgIpc) is 2.67. The first-order valence-corrected chi connectivity index (χ1v) is 4.97. The minimum Gasteiger partial charge on any atom is -0.478 e. The molecule has 0 aliphatic carbocycles. The molecule has 6 heteroatoms. The van der Waals surface area contributed by atoms with Gasteiger partial charge >= 0.3 is 5.97 Å². The summed E-state index contributed by atoms with van der Waals surface area (Å²) in [7, 11) is 1.78. The Labute approximate surface area is 96.7 Å². The maximum atomic E-state index is 11.5. The Bertz CT molecular complexity index is 612. The summed E-state index contributed by atoms with van der Waals surface area (Å²) in [5.41, 5.74) is 0.699. The molecular formula is C11H11N3O3. The van der Waals surface area contributed by atoms with Crippen LogP contribution in [-0.4, -0.2) is 25.4 Å². The van der Waals surface area contributed by atoms with E-state index in [4.69, 9.17) is 5.11 Å². The van der Waals surface area contributed by atoms with Gasteiger partial charge in [-0.25, -0.2) is 4.79 Å². The topological polar surface area (TPSA) is 77.1 Å². The highest BCUT2D eigenvalue weighted by atomic mass is 16.4. The number of hydrogen-bond donors (Lipinski definition) is 1. The summed E-state index contributed by atoms with van der Waals surface area (Å²) in [6.07, 6.45) is 4.75. The number of nitrogens with zero attached hydrogens (tertiary/aromatic N) is 3. The molecule has 0 radical (unpaired) electrons. The average molecular weight is 233 g/mol. The second-order valence-electron chi connectivity index (χ2n) is 3.71.